The number of nitrogens with one attached hydrogen (secondary N) is 1. The van der Waals surface area contributed by atoms with Crippen molar-refractivity contribution in [3.63, 3.8) is 0 Å². The molecule has 0 aliphatic heterocycles. The lowest BCUT2D eigenvalue weighted by Gasteiger charge is -2.40. The van der Waals surface area contributed by atoms with Gasteiger partial charge in [0.15, 0.2) is 0 Å². The lowest BCUT2D eigenvalue weighted by molar-refractivity contribution is -0.389. The van der Waals surface area contributed by atoms with Gasteiger partial charge in [0.1, 0.15) is 6.54 Å². The van der Waals surface area contributed by atoms with Gasteiger partial charge < -0.3 is 20.5 Å². The molecule has 1 aliphatic carbocycles. The summed E-state index contributed by atoms with van der Waals surface area (Å²) in [5.41, 5.74) is -0.350. The van der Waals surface area contributed by atoms with Gasteiger partial charge >= 0.3 is 11.8 Å². The minimum absolute atomic E-state index is 0.0422. The highest BCUT2D eigenvalue weighted by Crippen LogP contribution is 2.43. The summed E-state index contributed by atoms with van der Waals surface area (Å²) in [5.74, 6) is -1.53. The molecule has 0 aromatic carbocycles. The van der Waals surface area contributed by atoms with E-state index >= 15 is 0 Å². The molecule has 1 aromatic rings. The van der Waals surface area contributed by atoms with E-state index in [1.807, 2.05) is 0 Å². The average Bonchev–Trinajstić information content (AvgIpc) is 2.80. The van der Waals surface area contributed by atoms with Crippen molar-refractivity contribution < 1.29 is 19.6 Å². The molecule has 9 nitrogen and oxygen atoms in total. The van der Waals surface area contributed by atoms with E-state index in [2.05, 4.69) is 10.4 Å². The zero-order valence-electron chi connectivity index (χ0n) is 11.3. The Morgan fingerprint density at radius 3 is 2.71 bits per heavy atom. The van der Waals surface area contributed by atoms with Gasteiger partial charge in [-0.2, -0.15) is 4.68 Å². The summed E-state index contributed by atoms with van der Waals surface area (Å²) in [6.07, 6.45) is 3.93. The summed E-state index contributed by atoms with van der Waals surface area (Å²) in [5, 5.41) is 25.7. The standard InChI is InChI=1S/C12H16N4O5/c17-10(7-15-5-2-9(14-15)16(20)21)13-8-12(3-1-4-12)6-11(18)19/h2,5H,1,3-4,6-8H2,(H,13,17)(H,18,19). The minimum atomic E-state index is -0.869. The van der Waals surface area contributed by atoms with Gasteiger partial charge in [0, 0.05) is 6.54 Å². The molecule has 0 radical (unpaired) electrons. The van der Waals surface area contributed by atoms with Gasteiger partial charge in [0.05, 0.1) is 23.8 Å². The highest BCUT2D eigenvalue weighted by molar-refractivity contribution is 5.76. The van der Waals surface area contributed by atoms with Crippen molar-refractivity contribution in [3.8, 4) is 0 Å². The molecule has 1 saturated carbocycles. The lowest BCUT2D eigenvalue weighted by atomic mass is 9.66. The number of nitro groups is 1. The quantitative estimate of drug-likeness (QED) is 0.558. The predicted molar refractivity (Wildman–Crippen MR) is 70.4 cm³/mol. The van der Waals surface area contributed by atoms with Crippen LogP contribution in [0, 0.1) is 15.5 Å². The van der Waals surface area contributed by atoms with Gasteiger partial charge in [-0.3, -0.25) is 9.59 Å². The van der Waals surface area contributed by atoms with Crippen molar-refractivity contribution in [2.24, 2.45) is 5.41 Å². The summed E-state index contributed by atoms with van der Waals surface area (Å²) in [6.45, 7) is 0.179. The Labute approximate surface area is 120 Å². The summed E-state index contributed by atoms with van der Waals surface area (Å²) in [6, 6.07) is 1.21. The molecule has 1 aliphatic rings. The van der Waals surface area contributed by atoms with Crippen LogP contribution in [0.5, 0.6) is 0 Å². The molecule has 0 bridgehead atoms. The van der Waals surface area contributed by atoms with Gasteiger partial charge in [-0.05, 0) is 23.2 Å². The number of carboxylic acids is 1. The van der Waals surface area contributed by atoms with Crippen LogP contribution in [-0.2, 0) is 16.1 Å². The van der Waals surface area contributed by atoms with E-state index in [1.54, 1.807) is 0 Å². The largest absolute Gasteiger partial charge is 0.481 e. The third-order valence-corrected chi connectivity index (χ3v) is 3.72. The van der Waals surface area contributed by atoms with E-state index in [0.717, 1.165) is 19.3 Å². The van der Waals surface area contributed by atoms with Gasteiger partial charge in [0.25, 0.3) is 0 Å². The van der Waals surface area contributed by atoms with Gasteiger partial charge in [-0.1, -0.05) is 6.42 Å². The average molecular weight is 296 g/mol. The number of aromatic nitrogens is 2. The van der Waals surface area contributed by atoms with Crippen LogP contribution in [0.15, 0.2) is 12.3 Å². The first kappa shape index (κ1) is 14.9. The number of nitrogens with zero attached hydrogens (tertiary/aromatic N) is 3. The number of hydrogen-bond acceptors (Lipinski definition) is 5. The first-order chi connectivity index (χ1) is 9.90. The first-order valence-electron chi connectivity index (χ1n) is 6.57. The highest BCUT2D eigenvalue weighted by Gasteiger charge is 2.39. The molecular formula is C12H16N4O5. The molecule has 0 unspecified atom stereocenters. The summed E-state index contributed by atoms with van der Waals surface area (Å²) in [4.78, 5) is 32.4. The molecule has 114 valence electrons. The third kappa shape index (κ3) is 3.77. The summed E-state index contributed by atoms with van der Waals surface area (Å²) in [7, 11) is 0. The fraction of sp³-hybridized carbons (Fsp3) is 0.583. The van der Waals surface area contributed by atoms with Crippen molar-refractivity contribution in [1.29, 1.82) is 0 Å². The van der Waals surface area contributed by atoms with Gasteiger partial charge in [-0.15, -0.1) is 0 Å². The van der Waals surface area contributed by atoms with Crippen LogP contribution in [0.3, 0.4) is 0 Å². The smallest absolute Gasteiger partial charge is 0.389 e. The molecule has 0 atom stereocenters. The van der Waals surface area contributed by atoms with Crippen LogP contribution < -0.4 is 5.32 Å². The second-order valence-corrected chi connectivity index (χ2v) is 5.33. The maximum absolute atomic E-state index is 11.8. The molecule has 2 rings (SSSR count). The fourth-order valence-electron chi connectivity index (χ4n) is 2.44. The van der Waals surface area contributed by atoms with E-state index in [0.29, 0.717) is 6.54 Å². The Kier molecular flexibility index (Phi) is 4.20. The molecule has 9 heteroatoms. The summed E-state index contributed by atoms with van der Waals surface area (Å²) < 4.78 is 1.18. The Bertz CT molecular complexity index is 564. The monoisotopic (exact) mass is 296 g/mol. The van der Waals surface area contributed by atoms with Crippen LogP contribution in [0.25, 0.3) is 0 Å². The normalized spacial score (nSPS) is 16.0. The molecule has 0 spiro atoms. The fourth-order valence-corrected chi connectivity index (χ4v) is 2.44. The number of hydrogen-bond donors (Lipinski definition) is 2. The molecule has 1 aromatic heterocycles. The van der Waals surface area contributed by atoms with Crippen LogP contribution in [0.1, 0.15) is 25.7 Å². The Hall–Kier alpha value is -2.45. The number of amides is 1. The van der Waals surface area contributed by atoms with Crippen LogP contribution in [0.4, 0.5) is 5.82 Å². The van der Waals surface area contributed by atoms with Gasteiger partial charge in [0.2, 0.25) is 5.91 Å². The first-order valence-corrected chi connectivity index (χ1v) is 6.57. The van der Waals surface area contributed by atoms with Gasteiger partial charge in [-0.25, -0.2) is 0 Å². The maximum atomic E-state index is 11.8. The predicted octanol–water partition coefficient (Wildman–Crippen LogP) is 0.552. The SMILES string of the molecule is O=C(O)CC1(CNC(=O)Cn2ccc([N+](=O)[O-])n2)CCC1. The second kappa shape index (κ2) is 5.90. The topological polar surface area (TPSA) is 127 Å². The van der Waals surface area contributed by atoms with Crippen LogP contribution in [0.2, 0.25) is 0 Å². The van der Waals surface area contributed by atoms with Crippen molar-refractivity contribution in [2.45, 2.75) is 32.2 Å². The van der Waals surface area contributed by atoms with Crippen molar-refractivity contribution >= 4 is 17.7 Å². The number of carbonyl (C=O) groups is 2. The Morgan fingerprint density at radius 1 is 1.52 bits per heavy atom. The third-order valence-electron chi connectivity index (χ3n) is 3.72. The summed E-state index contributed by atoms with van der Waals surface area (Å²) >= 11 is 0. The van der Waals surface area contributed by atoms with Crippen molar-refractivity contribution in [2.75, 3.05) is 6.54 Å². The van der Waals surface area contributed by atoms with Crippen LogP contribution in [-0.4, -0.2) is 38.2 Å². The van der Waals surface area contributed by atoms with Crippen LogP contribution >= 0.6 is 0 Å². The van der Waals surface area contributed by atoms with E-state index in [-0.39, 0.29) is 30.1 Å². The lowest BCUT2D eigenvalue weighted by Crippen LogP contribution is -2.44. The maximum Gasteiger partial charge on any atom is 0.389 e. The van der Waals surface area contributed by atoms with Crippen molar-refractivity contribution in [1.82, 2.24) is 15.1 Å². The minimum Gasteiger partial charge on any atom is -0.481 e. The molecule has 21 heavy (non-hydrogen) atoms. The zero-order chi connectivity index (χ0) is 15.5. The second-order valence-electron chi connectivity index (χ2n) is 5.33. The number of aliphatic carboxylic acids is 1. The van der Waals surface area contributed by atoms with E-state index in [4.69, 9.17) is 5.11 Å². The van der Waals surface area contributed by atoms with E-state index < -0.39 is 10.9 Å². The molecule has 1 heterocycles. The Morgan fingerprint density at radius 2 is 2.24 bits per heavy atom. The molecular weight excluding hydrogens is 280 g/mol. The van der Waals surface area contributed by atoms with E-state index in [9.17, 15) is 19.7 Å². The number of carbonyl (C=O) groups excluding carboxylic acids is 1. The highest BCUT2D eigenvalue weighted by atomic mass is 16.6. The zero-order valence-corrected chi connectivity index (χ0v) is 11.3. The number of rotatable bonds is 7. The molecule has 2 N–H and O–H groups in total. The molecule has 0 saturated heterocycles. The number of carboxylic acid groups (broad SMARTS) is 1. The molecule has 1 amide bonds. The molecule has 1 fully saturated rings. The Balaban J connectivity index is 1.84. The van der Waals surface area contributed by atoms with Crippen molar-refractivity contribution in [3.05, 3.63) is 22.4 Å². The van der Waals surface area contributed by atoms with E-state index in [1.165, 1.54) is 16.9 Å².